The van der Waals surface area contributed by atoms with E-state index in [-0.39, 0.29) is 24.9 Å². The minimum Gasteiger partial charge on any atom is -0.459 e. The fourth-order valence-corrected chi connectivity index (χ4v) is 4.76. The van der Waals surface area contributed by atoms with Gasteiger partial charge in [-0.1, -0.05) is 23.7 Å². The van der Waals surface area contributed by atoms with E-state index in [1.54, 1.807) is 5.38 Å². The molecule has 0 aliphatic carbocycles. The van der Waals surface area contributed by atoms with E-state index in [1.165, 1.54) is 34.5 Å². The van der Waals surface area contributed by atoms with Gasteiger partial charge in [-0.15, -0.1) is 22.7 Å². The summed E-state index contributed by atoms with van der Waals surface area (Å²) in [7, 11) is 0. The molecule has 3 aromatic rings. The topological polar surface area (TPSA) is 59.5 Å². The van der Waals surface area contributed by atoms with Crippen molar-refractivity contribution < 1.29 is 14.3 Å². The van der Waals surface area contributed by atoms with Gasteiger partial charge >= 0.3 is 5.97 Å². The first kappa shape index (κ1) is 20.5. The van der Waals surface area contributed by atoms with Crippen LogP contribution in [0, 0.1) is 13.8 Å². The first-order chi connectivity index (χ1) is 13.3. The maximum atomic E-state index is 12.3. The number of carbonyl (C=O) groups is 2. The molecule has 0 aliphatic heterocycles. The zero-order valence-electron chi connectivity index (χ0n) is 15.7. The summed E-state index contributed by atoms with van der Waals surface area (Å²) in [4.78, 5) is 31.2. The molecule has 0 saturated heterocycles. The summed E-state index contributed by atoms with van der Waals surface area (Å²) in [5.74, 6) is -0.498. The van der Waals surface area contributed by atoms with Crippen LogP contribution >= 0.6 is 34.3 Å². The Morgan fingerprint density at radius 1 is 1.25 bits per heavy atom. The largest absolute Gasteiger partial charge is 0.459 e. The monoisotopic (exact) mass is 434 g/mol. The fourth-order valence-electron chi connectivity index (χ4n) is 2.81. The molecule has 0 bridgehead atoms. The zero-order valence-corrected chi connectivity index (χ0v) is 18.1. The van der Waals surface area contributed by atoms with Gasteiger partial charge in [-0.05, 0) is 42.5 Å². The Morgan fingerprint density at radius 3 is 2.68 bits per heavy atom. The molecule has 0 saturated carbocycles. The molecule has 28 heavy (non-hydrogen) atoms. The lowest BCUT2D eigenvalue weighted by atomic mass is 10.1. The maximum absolute atomic E-state index is 12.3. The summed E-state index contributed by atoms with van der Waals surface area (Å²) in [6, 6.07) is 7.58. The standard InChI is InChI=1S/C20H19ClN2O3S2/c1-12-7-13(2)19(17(21)8-12)23(14(3)24)20-22-15(11-28-20)10-26-18(25)9-16-5-4-6-27-16/h4-8,11H,9-10H2,1-3H3. The number of hydrogen-bond acceptors (Lipinski definition) is 6. The van der Waals surface area contributed by atoms with Crippen molar-refractivity contribution >= 4 is 57.0 Å². The molecule has 2 aromatic heterocycles. The molecule has 0 spiro atoms. The summed E-state index contributed by atoms with van der Waals surface area (Å²) >= 11 is 9.24. The number of halogens is 1. The third-order valence-corrected chi connectivity index (χ3v) is 5.99. The number of anilines is 2. The number of nitrogens with zero attached hydrogens (tertiary/aromatic N) is 2. The molecule has 0 unspecified atom stereocenters. The Kier molecular flexibility index (Phi) is 6.49. The van der Waals surface area contributed by atoms with Crippen LogP contribution in [0.3, 0.4) is 0 Å². The summed E-state index contributed by atoms with van der Waals surface area (Å²) < 4.78 is 5.31. The predicted molar refractivity (Wildman–Crippen MR) is 114 cm³/mol. The molecule has 1 aromatic carbocycles. The van der Waals surface area contributed by atoms with E-state index in [1.807, 2.05) is 43.5 Å². The Hall–Kier alpha value is -2.22. The predicted octanol–water partition coefficient (Wildman–Crippen LogP) is 5.45. The van der Waals surface area contributed by atoms with Crippen LogP contribution in [0.25, 0.3) is 0 Å². The van der Waals surface area contributed by atoms with Crippen LogP contribution in [-0.4, -0.2) is 16.9 Å². The average Bonchev–Trinajstić information content (AvgIpc) is 3.27. The first-order valence-corrected chi connectivity index (χ1v) is 10.7. The number of thiazole rings is 1. The lowest BCUT2D eigenvalue weighted by Crippen LogP contribution is -2.24. The van der Waals surface area contributed by atoms with Gasteiger partial charge in [0.05, 0.1) is 22.8 Å². The van der Waals surface area contributed by atoms with Gasteiger partial charge in [0, 0.05) is 17.2 Å². The number of benzene rings is 1. The van der Waals surface area contributed by atoms with Crippen LogP contribution in [0.5, 0.6) is 0 Å². The van der Waals surface area contributed by atoms with E-state index in [9.17, 15) is 9.59 Å². The maximum Gasteiger partial charge on any atom is 0.311 e. The summed E-state index contributed by atoms with van der Waals surface area (Å²) in [6.07, 6.45) is 0.242. The summed E-state index contributed by atoms with van der Waals surface area (Å²) in [6.45, 7) is 5.39. The minimum absolute atomic E-state index is 0.0626. The van der Waals surface area contributed by atoms with Crippen molar-refractivity contribution in [3.05, 3.63) is 61.7 Å². The van der Waals surface area contributed by atoms with E-state index >= 15 is 0 Å². The molecule has 0 radical (unpaired) electrons. The van der Waals surface area contributed by atoms with E-state index in [0.717, 1.165) is 16.0 Å². The Labute approximate surface area is 176 Å². The van der Waals surface area contributed by atoms with Gasteiger partial charge < -0.3 is 4.74 Å². The van der Waals surface area contributed by atoms with Crippen LogP contribution in [0.4, 0.5) is 10.8 Å². The zero-order chi connectivity index (χ0) is 20.3. The van der Waals surface area contributed by atoms with Crippen molar-refractivity contribution in [3.63, 3.8) is 0 Å². The third kappa shape index (κ3) is 4.79. The molecule has 8 heteroatoms. The van der Waals surface area contributed by atoms with Crippen LogP contribution < -0.4 is 4.90 Å². The van der Waals surface area contributed by atoms with E-state index in [2.05, 4.69) is 4.98 Å². The number of hydrogen-bond donors (Lipinski definition) is 0. The van der Waals surface area contributed by atoms with Gasteiger partial charge in [0.2, 0.25) is 5.91 Å². The van der Waals surface area contributed by atoms with Crippen molar-refractivity contribution in [2.24, 2.45) is 0 Å². The second kappa shape index (κ2) is 8.86. The van der Waals surface area contributed by atoms with Gasteiger partial charge in [0.25, 0.3) is 0 Å². The van der Waals surface area contributed by atoms with E-state index < -0.39 is 0 Å². The van der Waals surface area contributed by atoms with Crippen LogP contribution in [0.1, 0.15) is 28.6 Å². The Bertz CT molecular complexity index is 976. The molecule has 0 fully saturated rings. The highest BCUT2D eigenvalue weighted by atomic mass is 35.5. The third-order valence-electron chi connectivity index (χ3n) is 3.95. The lowest BCUT2D eigenvalue weighted by Gasteiger charge is -2.22. The highest BCUT2D eigenvalue weighted by Gasteiger charge is 2.23. The summed E-state index contributed by atoms with van der Waals surface area (Å²) in [5, 5.41) is 4.68. The Balaban J connectivity index is 1.75. The van der Waals surface area contributed by atoms with Crippen molar-refractivity contribution in [2.45, 2.75) is 33.8 Å². The molecule has 146 valence electrons. The van der Waals surface area contributed by atoms with Gasteiger partial charge in [-0.25, -0.2) is 4.98 Å². The molecule has 5 nitrogen and oxygen atoms in total. The fraction of sp³-hybridized carbons (Fsp3) is 0.250. The van der Waals surface area contributed by atoms with Crippen LogP contribution in [-0.2, 0) is 27.4 Å². The number of aromatic nitrogens is 1. The van der Waals surface area contributed by atoms with Gasteiger partial charge in [0.15, 0.2) is 5.13 Å². The van der Waals surface area contributed by atoms with Gasteiger partial charge in [0.1, 0.15) is 6.61 Å². The molecule has 3 rings (SSSR count). The SMILES string of the molecule is CC(=O)N(c1nc(COC(=O)Cc2cccs2)cs1)c1c(C)cc(C)cc1Cl. The second-order valence-corrected chi connectivity index (χ2v) is 8.58. The van der Waals surface area contributed by atoms with Crippen molar-refractivity contribution in [1.29, 1.82) is 0 Å². The molecule has 2 heterocycles. The minimum atomic E-state index is -0.308. The molecular weight excluding hydrogens is 416 g/mol. The molecule has 0 N–H and O–H groups in total. The smallest absolute Gasteiger partial charge is 0.311 e. The summed E-state index contributed by atoms with van der Waals surface area (Å²) in [5.41, 5.74) is 3.12. The van der Waals surface area contributed by atoms with Gasteiger partial charge in [-0.3, -0.25) is 14.5 Å². The first-order valence-electron chi connectivity index (χ1n) is 8.55. The van der Waals surface area contributed by atoms with E-state index in [0.29, 0.717) is 21.5 Å². The normalized spacial score (nSPS) is 10.7. The van der Waals surface area contributed by atoms with Gasteiger partial charge in [-0.2, -0.15) is 0 Å². The van der Waals surface area contributed by atoms with Crippen LogP contribution in [0.2, 0.25) is 5.02 Å². The quantitative estimate of drug-likeness (QED) is 0.484. The number of rotatable bonds is 6. The molecule has 0 atom stereocenters. The number of ether oxygens (including phenoxy) is 1. The Morgan fingerprint density at radius 2 is 2.04 bits per heavy atom. The second-order valence-electron chi connectivity index (χ2n) is 6.30. The van der Waals surface area contributed by atoms with Crippen molar-refractivity contribution in [2.75, 3.05) is 4.90 Å². The number of carbonyl (C=O) groups excluding carboxylic acids is 2. The van der Waals surface area contributed by atoms with Crippen LogP contribution in [0.15, 0.2) is 35.0 Å². The molecule has 0 aliphatic rings. The van der Waals surface area contributed by atoms with E-state index in [4.69, 9.17) is 16.3 Å². The molecular formula is C20H19ClN2O3S2. The number of aryl methyl sites for hydroxylation is 2. The lowest BCUT2D eigenvalue weighted by molar-refractivity contribution is -0.144. The van der Waals surface area contributed by atoms with Crippen molar-refractivity contribution in [3.8, 4) is 0 Å². The number of amides is 1. The highest BCUT2D eigenvalue weighted by Crippen LogP contribution is 2.37. The number of esters is 1. The van der Waals surface area contributed by atoms with Crippen molar-refractivity contribution in [1.82, 2.24) is 4.98 Å². The molecule has 1 amide bonds. The average molecular weight is 435 g/mol. The highest BCUT2D eigenvalue weighted by molar-refractivity contribution is 7.14. The number of thiophene rings is 1.